The van der Waals surface area contributed by atoms with Crippen molar-refractivity contribution < 1.29 is 0 Å². The van der Waals surface area contributed by atoms with Crippen LogP contribution >= 0.6 is 0 Å². The van der Waals surface area contributed by atoms with Crippen LogP contribution in [0.3, 0.4) is 0 Å². The van der Waals surface area contributed by atoms with E-state index in [1.54, 1.807) is 0 Å². The molecule has 0 aromatic heterocycles. The first-order valence-corrected chi connectivity index (χ1v) is 9.75. The maximum atomic E-state index is 5.87. The van der Waals surface area contributed by atoms with E-state index in [9.17, 15) is 0 Å². The maximum Gasteiger partial charge on any atom is 0.0903 e. The van der Waals surface area contributed by atoms with Gasteiger partial charge in [-0.3, -0.25) is 0 Å². The molecular weight excluding hydrogens is 295 g/mol. The molecule has 4 nitrogen and oxygen atoms in total. The molecule has 1 fully saturated rings. The van der Waals surface area contributed by atoms with Crippen molar-refractivity contribution in [1.82, 2.24) is 20.4 Å². The third-order valence-corrected chi connectivity index (χ3v) is 4.87. The summed E-state index contributed by atoms with van der Waals surface area (Å²) in [5.74, 6) is 0.0552. The summed E-state index contributed by atoms with van der Waals surface area (Å²) >= 11 is 0. The molecule has 1 unspecified atom stereocenters. The van der Waals surface area contributed by atoms with Crippen molar-refractivity contribution in [1.29, 1.82) is 0 Å². The number of piperazine rings is 1. The monoisotopic (exact) mass is 336 g/mol. The first-order valence-electron chi connectivity index (χ1n) is 9.75. The Morgan fingerprint density at radius 2 is 1.17 bits per heavy atom. The highest BCUT2D eigenvalue weighted by Crippen LogP contribution is 2.14. The van der Waals surface area contributed by atoms with Gasteiger partial charge in [-0.2, -0.15) is 0 Å². The average Bonchev–Trinajstić information content (AvgIpc) is 2.41. The Morgan fingerprint density at radius 3 is 1.50 bits per heavy atom. The molecular formula is C19H41BN4. The van der Waals surface area contributed by atoms with Crippen LogP contribution in [0.25, 0.3) is 0 Å². The summed E-state index contributed by atoms with van der Waals surface area (Å²) in [6, 6.07) is 0.546. The molecule has 1 saturated heterocycles. The Bertz CT molecular complexity index is 313. The van der Waals surface area contributed by atoms with Crippen LogP contribution in [0.15, 0.2) is 0 Å². The first-order chi connectivity index (χ1) is 11.0. The zero-order chi connectivity index (χ0) is 18.4. The highest BCUT2D eigenvalue weighted by Gasteiger charge is 2.24. The van der Waals surface area contributed by atoms with Gasteiger partial charge >= 0.3 is 0 Å². The Balaban J connectivity index is 2.24. The molecule has 0 spiro atoms. The minimum Gasteiger partial charge on any atom is -0.318 e. The van der Waals surface area contributed by atoms with Gasteiger partial charge in [-0.25, -0.2) is 0 Å². The van der Waals surface area contributed by atoms with Crippen LogP contribution < -0.4 is 10.6 Å². The highest BCUT2D eigenvalue weighted by atomic mass is 15.3. The van der Waals surface area contributed by atoms with Crippen LogP contribution in [0.5, 0.6) is 0 Å². The van der Waals surface area contributed by atoms with Crippen molar-refractivity contribution in [2.45, 2.75) is 84.4 Å². The van der Waals surface area contributed by atoms with E-state index < -0.39 is 0 Å². The molecule has 1 aliphatic rings. The van der Waals surface area contributed by atoms with Crippen molar-refractivity contribution in [2.75, 3.05) is 39.3 Å². The molecule has 0 bridgehead atoms. The molecule has 0 aliphatic carbocycles. The maximum absolute atomic E-state index is 5.87. The Morgan fingerprint density at radius 1 is 0.792 bits per heavy atom. The van der Waals surface area contributed by atoms with Crippen LogP contribution in [-0.4, -0.2) is 80.0 Å². The van der Waals surface area contributed by atoms with Crippen molar-refractivity contribution in [3.8, 4) is 0 Å². The third kappa shape index (κ3) is 9.40. The van der Waals surface area contributed by atoms with E-state index in [1.807, 2.05) is 6.92 Å². The fourth-order valence-electron chi connectivity index (χ4n) is 3.65. The molecule has 0 aromatic rings. The Labute approximate surface area is 152 Å². The van der Waals surface area contributed by atoms with E-state index in [0.29, 0.717) is 6.04 Å². The lowest BCUT2D eigenvalue weighted by Gasteiger charge is -2.38. The van der Waals surface area contributed by atoms with Gasteiger partial charge in [0, 0.05) is 43.3 Å². The predicted octanol–water partition coefficient (Wildman–Crippen LogP) is 2.04. The lowest BCUT2D eigenvalue weighted by molar-refractivity contribution is 0.114. The second-order valence-electron chi connectivity index (χ2n) is 9.18. The Kier molecular flexibility index (Phi) is 8.74. The summed E-state index contributed by atoms with van der Waals surface area (Å²) in [5, 5.41) is 7.12. The minimum atomic E-state index is 0.0552. The van der Waals surface area contributed by atoms with Gasteiger partial charge in [0.05, 0.1) is 7.85 Å². The topological polar surface area (TPSA) is 30.5 Å². The van der Waals surface area contributed by atoms with Gasteiger partial charge in [-0.05, 0) is 59.6 Å². The summed E-state index contributed by atoms with van der Waals surface area (Å²) in [6.07, 6.45) is 2.34. The van der Waals surface area contributed by atoms with Crippen LogP contribution in [0, 0.1) is 0 Å². The van der Waals surface area contributed by atoms with Gasteiger partial charge in [0.1, 0.15) is 0 Å². The molecule has 1 rings (SSSR count). The Hall–Kier alpha value is -0.0951. The van der Waals surface area contributed by atoms with Gasteiger partial charge in [-0.1, -0.05) is 20.8 Å². The lowest BCUT2D eigenvalue weighted by atomic mass is 9.92. The van der Waals surface area contributed by atoms with Gasteiger partial charge in [0.2, 0.25) is 0 Å². The zero-order valence-electron chi connectivity index (χ0n) is 17.3. The van der Waals surface area contributed by atoms with E-state index in [1.165, 1.54) is 39.1 Å². The number of nitrogens with zero attached hydrogens (tertiary/aromatic N) is 2. The smallest absolute Gasteiger partial charge is 0.0903 e. The van der Waals surface area contributed by atoms with Crippen molar-refractivity contribution in [3.63, 3.8) is 0 Å². The van der Waals surface area contributed by atoms with Gasteiger partial charge in [0.25, 0.3) is 0 Å². The fraction of sp³-hybridized carbons (Fsp3) is 1.00. The van der Waals surface area contributed by atoms with Crippen molar-refractivity contribution in [3.05, 3.63) is 0 Å². The molecule has 0 aromatic carbocycles. The minimum absolute atomic E-state index is 0.0552. The molecule has 1 atom stereocenters. The van der Waals surface area contributed by atoms with E-state index in [2.05, 4.69) is 62.0 Å². The molecule has 2 radical (unpaired) electrons. The lowest BCUT2D eigenvalue weighted by Crippen LogP contribution is -2.52. The third-order valence-electron chi connectivity index (χ3n) is 4.87. The normalized spacial score (nSPS) is 19.8. The number of rotatable bonds is 10. The van der Waals surface area contributed by atoms with Gasteiger partial charge < -0.3 is 20.4 Å². The number of hydrogen-bond donors (Lipinski definition) is 2. The summed E-state index contributed by atoms with van der Waals surface area (Å²) in [5.41, 5.74) is 0.331. The average molecular weight is 336 g/mol. The highest BCUT2D eigenvalue weighted by molar-refractivity contribution is 6.11. The van der Waals surface area contributed by atoms with E-state index in [-0.39, 0.29) is 17.0 Å². The second kappa shape index (κ2) is 9.56. The molecule has 1 heterocycles. The fourth-order valence-corrected chi connectivity index (χ4v) is 3.65. The molecule has 2 N–H and O–H groups in total. The van der Waals surface area contributed by atoms with Crippen LogP contribution in [0.4, 0.5) is 0 Å². The summed E-state index contributed by atoms with van der Waals surface area (Å²) < 4.78 is 0. The van der Waals surface area contributed by atoms with Crippen LogP contribution in [0.1, 0.15) is 61.3 Å². The van der Waals surface area contributed by atoms with Crippen molar-refractivity contribution in [2.24, 2.45) is 0 Å². The molecule has 0 amide bonds. The molecule has 5 heteroatoms. The summed E-state index contributed by atoms with van der Waals surface area (Å²) in [6.45, 7) is 22.7. The van der Waals surface area contributed by atoms with Crippen LogP contribution in [0.2, 0.25) is 0 Å². The molecule has 0 saturated carbocycles. The van der Waals surface area contributed by atoms with Gasteiger partial charge in [-0.15, -0.1) is 0 Å². The summed E-state index contributed by atoms with van der Waals surface area (Å²) in [4.78, 5) is 5.21. The molecule has 24 heavy (non-hydrogen) atoms. The zero-order valence-corrected chi connectivity index (χ0v) is 17.3. The molecule has 1 aliphatic heterocycles. The summed E-state index contributed by atoms with van der Waals surface area (Å²) in [7, 11) is 5.87. The van der Waals surface area contributed by atoms with E-state index in [0.717, 1.165) is 13.0 Å². The SMILES string of the molecule is [B]C(C)NC(C)(C)CCN1CCN(CCC(C)(C)NC(C)C)CC1. The largest absolute Gasteiger partial charge is 0.318 e. The first kappa shape index (κ1) is 21.9. The number of hydrogen-bond acceptors (Lipinski definition) is 4. The van der Waals surface area contributed by atoms with E-state index in [4.69, 9.17) is 7.85 Å². The van der Waals surface area contributed by atoms with Crippen LogP contribution in [-0.2, 0) is 0 Å². The van der Waals surface area contributed by atoms with E-state index >= 15 is 0 Å². The quantitative estimate of drug-likeness (QED) is 0.598. The molecule has 140 valence electrons. The standard InChI is InChI=1S/C19H41BN4/c1-16(2)21-18(4,5)8-10-23-12-14-24(15-13-23)11-9-19(6,7)22-17(3)20/h16-17,21-22H,8-15H2,1-7H3. The second-order valence-corrected chi connectivity index (χ2v) is 9.18. The van der Waals surface area contributed by atoms with Crippen molar-refractivity contribution >= 4 is 7.85 Å². The number of nitrogens with one attached hydrogen (secondary N) is 2. The van der Waals surface area contributed by atoms with Gasteiger partial charge in [0.15, 0.2) is 0 Å². The predicted molar refractivity (Wildman–Crippen MR) is 107 cm³/mol.